The molecule has 108 valence electrons. The second-order valence-electron chi connectivity index (χ2n) is 3.61. The number of aromatic carboxylic acids is 2. The van der Waals surface area contributed by atoms with Gasteiger partial charge in [-0.3, -0.25) is 0 Å². The number of aromatic hydroxyl groups is 1. The van der Waals surface area contributed by atoms with Gasteiger partial charge in [-0.15, -0.1) is 0 Å². The molecule has 0 aliphatic carbocycles. The van der Waals surface area contributed by atoms with Crippen LogP contribution in [0.15, 0.2) is 48.5 Å². The predicted octanol–water partition coefficient (Wildman–Crippen LogP) is 0.212. The summed E-state index contributed by atoms with van der Waals surface area (Å²) in [6.07, 6.45) is 0. The van der Waals surface area contributed by atoms with Gasteiger partial charge in [0.25, 0.3) is 0 Å². The molecule has 2 aromatic rings. The van der Waals surface area contributed by atoms with Gasteiger partial charge >= 0.3 is 23.3 Å². The second kappa shape index (κ2) is 8.64. The molecule has 0 amide bonds. The maximum Gasteiger partial charge on any atom is 2.00 e. The molecule has 2 N–H and O–H groups in total. The maximum atomic E-state index is 10.6. The van der Waals surface area contributed by atoms with Gasteiger partial charge < -0.3 is 25.2 Å². The Labute approximate surface area is 131 Å². The van der Waals surface area contributed by atoms with E-state index in [2.05, 4.69) is 0 Å². The van der Waals surface area contributed by atoms with Crippen LogP contribution < -0.4 is 10.2 Å². The Morgan fingerprint density at radius 2 is 1.38 bits per heavy atom. The van der Waals surface area contributed by atoms with Crippen molar-refractivity contribution in [3.05, 3.63) is 59.7 Å². The summed E-state index contributed by atoms with van der Waals surface area (Å²) in [6.45, 7) is 0. The van der Waals surface area contributed by atoms with Crippen LogP contribution in [0.4, 0.5) is 0 Å². The summed E-state index contributed by atoms with van der Waals surface area (Å²) in [5, 5.41) is 38.1. The molecule has 0 heterocycles. The maximum absolute atomic E-state index is 10.6. The van der Waals surface area contributed by atoms with Crippen molar-refractivity contribution < 1.29 is 47.4 Å². The van der Waals surface area contributed by atoms with Crippen LogP contribution in [0.2, 0.25) is 0 Å². The summed E-state index contributed by atoms with van der Waals surface area (Å²) >= 11 is 0. The Morgan fingerprint density at radius 1 is 0.905 bits per heavy atom. The van der Waals surface area contributed by atoms with Crippen molar-refractivity contribution in [1.82, 2.24) is 0 Å². The molecule has 0 spiro atoms. The van der Waals surface area contributed by atoms with E-state index in [4.69, 9.17) is 10.2 Å². The first-order valence-corrected chi connectivity index (χ1v) is 5.42. The SMILES string of the molecule is O=C(O)c1ccccc1O.O=C([O-])c1ccccc1[O-].[Cr+2]. The number of phenols is 1. The third kappa shape index (κ3) is 5.57. The largest absolute Gasteiger partial charge is 2.00 e. The minimum atomic E-state index is -1.43. The number of rotatable bonds is 2. The van der Waals surface area contributed by atoms with Gasteiger partial charge in [-0.2, -0.15) is 0 Å². The van der Waals surface area contributed by atoms with Crippen molar-refractivity contribution in [2.75, 3.05) is 0 Å². The molecule has 0 aromatic heterocycles. The fourth-order valence-corrected chi connectivity index (χ4v) is 1.29. The van der Waals surface area contributed by atoms with Crippen molar-refractivity contribution in [2.45, 2.75) is 0 Å². The zero-order valence-corrected chi connectivity index (χ0v) is 11.8. The van der Waals surface area contributed by atoms with E-state index in [0.717, 1.165) is 0 Å². The standard InChI is InChI=1S/2C7H6O3.Cr/c2*8-6-4-2-1-3-5(6)7(9)10;/h2*1-4,8H,(H,9,10);/q;;+2/p-2. The molecular formula is C14H10CrO6. The van der Waals surface area contributed by atoms with Crippen molar-refractivity contribution in [1.29, 1.82) is 0 Å². The Balaban J connectivity index is 0.000000364. The Kier molecular flexibility index (Phi) is 7.61. The first-order valence-electron chi connectivity index (χ1n) is 5.42. The van der Waals surface area contributed by atoms with Crippen LogP contribution >= 0.6 is 0 Å². The quantitative estimate of drug-likeness (QED) is 0.814. The number of carboxylic acid groups (broad SMARTS) is 2. The summed E-state index contributed by atoms with van der Waals surface area (Å²) < 4.78 is 0. The van der Waals surface area contributed by atoms with Gasteiger partial charge in [-0.05, 0) is 17.7 Å². The average Bonchev–Trinajstić information content (AvgIpc) is 2.40. The molecule has 0 saturated carbocycles. The molecule has 2 aromatic carbocycles. The number of benzene rings is 2. The molecule has 0 aliphatic heterocycles. The number of hydrogen-bond acceptors (Lipinski definition) is 5. The first-order chi connectivity index (χ1) is 9.43. The number of carboxylic acids is 2. The first kappa shape index (κ1) is 18.5. The fourth-order valence-electron chi connectivity index (χ4n) is 1.29. The third-order valence-electron chi connectivity index (χ3n) is 2.24. The monoisotopic (exact) mass is 326 g/mol. The van der Waals surface area contributed by atoms with Crippen molar-refractivity contribution in [3.8, 4) is 11.5 Å². The molecule has 6 nitrogen and oxygen atoms in total. The molecule has 21 heavy (non-hydrogen) atoms. The molecule has 0 aliphatic rings. The Bertz CT molecular complexity index is 571. The summed E-state index contributed by atoms with van der Waals surface area (Å²) in [6, 6.07) is 11.2. The normalized spacial score (nSPS) is 8.76. The van der Waals surface area contributed by atoms with E-state index in [9.17, 15) is 19.8 Å². The van der Waals surface area contributed by atoms with Crippen LogP contribution in [0.1, 0.15) is 20.7 Å². The Hall–Kier alpha value is -2.49. The van der Waals surface area contributed by atoms with E-state index in [1.54, 1.807) is 12.1 Å². The summed E-state index contributed by atoms with van der Waals surface area (Å²) in [5.41, 5.74) is -0.356. The van der Waals surface area contributed by atoms with E-state index in [0.29, 0.717) is 0 Å². The molecular weight excluding hydrogens is 316 g/mol. The molecule has 7 heteroatoms. The van der Waals surface area contributed by atoms with Crippen LogP contribution in [0.25, 0.3) is 0 Å². The van der Waals surface area contributed by atoms with E-state index in [-0.39, 0.29) is 34.2 Å². The van der Waals surface area contributed by atoms with Crippen LogP contribution in [-0.2, 0) is 17.4 Å². The molecule has 0 radical (unpaired) electrons. The van der Waals surface area contributed by atoms with Gasteiger partial charge in [-0.1, -0.05) is 42.1 Å². The number of para-hydroxylation sites is 2. The van der Waals surface area contributed by atoms with E-state index in [1.165, 1.54) is 36.4 Å². The van der Waals surface area contributed by atoms with Gasteiger partial charge in [0.2, 0.25) is 0 Å². The van der Waals surface area contributed by atoms with Crippen molar-refractivity contribution >= 4 is 11.9 Å². The van der Waals surface area contributed by atoms with Crippen molar-refractivity contribution in [3.63, 3.8) is 0 Å². The predicted molar refractivity (Wildman–Crippen MR) is 65.3 cm³/mol. The minimum Gasteiger partial charge on any atom is -0.872 e. The van der Waals surface area contributed by atoms with Gasteiger partial charge in [0.05, 0.1) is 5.97 Å². The second-order valence-corrected chi connectivity index (χ2v) is 3.61. The van der Waals surface area contributed by atoms with Gasteiger partial charge in [0.15, 0.2) is 0 Å². The zero-order valence-electron chi connectivity index (χ0n) is 10.6. The molecule has 0 atom stereocenters. The zero-order chi connectivity index (χ0) is 15.1. The summed E-state index contributed by atoms with van der Waals surface area (Å²) in [4.78, 5) is 20.4. The van der Waals surface area contributed by atoms with Crippen LogP contribution in [-0.4, -0.2) is 22.2 Å². The smallest absolute Gasteiger partial charge is 0.872 e. The molecule has 2 rings (SSSR count). The number of hydrogen-bond donors (Lipinski definition) is 2. The average molecular weight is 326 g/mol. The van der Waals surface area contributed by atoms with E-state index in [1.807, 2.05) is 0 Å². The molecule has 0 fully saturated rings. The third-order valence-corrected chi connectivity index (χ3v) is 2.24. The molecule has 0 saturated heterocycles. The van der Waals surface area contributed by atoms with E-state index >= 15 is 0 Å². The Morgan fingerprint density at radius 3 is 1.71 bits per heavy atom. The fraction of sp³-hybridized carbons (Fsp3) is 0. The van der Waals surface area contributed by atoms with E-state index < -0.39 is 17.7 Å². The van der Waals surface area contributed by atoms with Crippen LogP contribution in [0.5, 0.6) is 11.5 Å². The summed E-state index contributed by atoms with van der Waals surface area (Å²) in [5.74, 6) is -3.25. The summed E-state index contributed by atoms with van der Waals surface area (Å²) in [7, 11) is 0. The van der Waals surface area contributed by atoms with Gasteiger partial charge in [-0.25, -0.2) is 4.79 Å². The van der Waals surface area contributed by atoms with Crippen molar-refractivity contribution in [2.24, 2.45) is 0 Å². The molecule has 0 bridgehead atoms. The minimum absolute atomic E-state index is 0. The van der Waals surface area contributed by atoms with Crippen LogP contribution in [0, 0.1) is 0 Å². The van der Waals surface area contributed by atoms with Crippen LogP contribution in [0.3, 0.4) is 0 Å². The van der Waals surface area contributed by atoms with Gasteiger partial charge in [0, 0.05) is 0 Å². The topological polar surface area (TPSA) is 121 Å². The number of carbonyl (C=O) groups is 2. The van der Waals surface area contributed by atoms with Gasteiger partial charge in [0.1, 0.15) is 11.3 Å². The molecule has 0 unspecified atom stereocenters. The number of carbonyl (C=O) groups excluding carboxylic acids is 1.